The average molecular weight is 798 g/mol. The predicted molar refractivity (Wildman–Crippen MR) is 257 cm³/mol. The number of hydrogen-bond donors (Lipinski definition) is 0. The number of rotatable bonds is 3. The number of furan rings is 1. The Bertz CT molecular complexity index is 3690. The molecule has 4 nitrogen and oxygen atoms in total. The van der Waals surface area contributed by atoms with Crippen LogP contribution < -0.4 is 0 Å². The summed E-state index contributed by atoms with van der Waals surface area (Å²) in [7, 11) is 0. The molecule has 0 saturated heterocycles. The van der Waals surface area contributed by atoms with Crippen LogP contribution in [0.4, 0.5) is 5.69 Å². The summed E-state index contributed by atoms with van der Waals surface area (Å²) in [6, 6.07) is 54.2. The van der Waals surface area contributed by atoms with Crippen molar-refractivity contribution < 1.29 is 4.42 Å². The molecular weight excluding hydrogens is 755 g/mol. The molecule has 0 N–H and O–H groups in total. The molecule has 3 unspecified atom stereocenters. The number of hydrogen-bond acceptors (Lipinski definition) is 2. The average Bonchev–Trinajstić information content (AvgIpc) is 3.84. The van der Waals surface area contributed by atoms with Gasteiger partial charge in [0.25, 0.3) is 0 Å². The van der Waals surface area contributed by atoms with Crippen LogP contribution in [-0.2, 0) is 6.42 Å². The third kappa shape index (κ3) is 4.70. The van der Waals surface area contributed by atoms with Crippen molar-refractivity contribution in [2.75, 3.05) is 0 Å². The summed E-state index contributed by atoms with van der Waals surface area (Å²) < 4.78 is 11.7. The summed E-state index contributed by atoms with van der Waals surface area (Å²) in [5, 5.41) is 6.22. The molecule has 296 valence electrons. The molecular formula is C58H43N3O. The number of benzene rings is 7. The number of allylic oxidation sites excluding steroid dienone is 3. The molecule has 3 aliphatic carbocycles. The summed E-state index contributed by atoms with van der Waals surface area (Å²) in [4.78, 5) is 5.82. The first-order valence-electron chi connectivity index (χ1n) is 22.4. The number of aliphatic imine (C=N–C) groups is 1. The lowest BCUT2D eigenvalue weighted by molar-refractivity contribution is 0.669. The van der Waals surface area contributed by atoms with Gasteiger partial charge in [0.15, 0.2) is 0 Å². The lowest BCUT2D eigenvalue weighted by atomic mass is 9.85. The zero-order chi connectivity index (χ0) is 40.8. The topological polar surface area (TPSA) is 35.4 Å². The van der Waals surface area contributed by atoms with E-state index in [1.807, 2.05) is 0 Å². The Kier molecular flexibility index (Phi) is 7.07. The Morgan fingerprint density at radius 3 is 2.42 bits per heavy atom. The van der Waals surface area contributed by atoms with Gasteiger partial charge in [0.2, 0.25) is 0 Å². The molecule has 3 aromatic heterocycles. The Morgan fingerprint density at radius 1 is 0.677 bits per heavy atom. The van der Waals surface area contributed by atoms with Crippen molar-refractivity contribution in [2.45, 2.75) is 57.3 Å². The van der Waals surface area contributed by atoms with E-state index in [-0.39, 0.29) is 0 Å². The SMILES string of the molecule is CCC1=C(c2ccc3c(c2)oc2ccccc23)C(n2c3cc(-n4c5c(c6ccccc64)-c4ccccc4C4CC54)ccc3c3c4c(ccc32)C=CCC4C)=Nc2ccccc2C1. The fraction of sp³-hybridized carbons (Fsp3) is 0.155. The Labute approximate surface area is 359 Å². The fourth-order valence-electron chi connectivity index (χ4n) is 11.9. The third-order valence-corrected chi connectivity index (χ3v) is 14.7. The van der Waals surface area contributed by atoms with Crippen molar-refractivity contribution in [3.05, 3.63) is 191 Å². The van der Waals surface area contributed by atoms with Gasteiger partial charge in [-0.05, 0) is 119 Å². The van der Waals surface area contributed by atoms with Crippen LogP contribution in [-0.4, -0.2) is 15.0 Å². The van der Waals surface area contributed by atoms with Crippen molar-refractivity contribution >= 4 is 77.8 Å². The van der Waals surface area contributed by atoms with E-state index in [1.54, 1.807) is 0 Å². The maximum atomic E-state index is 6.58. The molecule has 4 heteroatoms. The van der Waals surface area contributed by atoms with Crippen LogP contribution in [0.2, 0.25) is 0 Å². The molecule has 4 aliphatic rings. The van der Waals surface area contributed by atoms with Gasteiger partial charge in [0, 0.05) is 55.4 Å². The Morgan fingerprint density at radius 2 is 1.48 bits per heavy atom. The van der Waals surface area contributed by atoms with Gasteiger partial charge >= 0.3 is 0 Å². The molecule has 0 spiro atoms. The van der Waals surface area contributed by atoms with Crippen molar-refractivity contribution in [2.24, 2.45) is 4.99 Å². The first-order valence-corrected chi connectivity index (χ1v) is 22.4. The van der Waals surface area contributed by atoms with E-state index in [2.05, 4.69) is 181 Å². The summed E-state index contributed by atoms with van der Waals surface area (Å²) >= 11 is 0. The Hall–Kier alpha value is -7.17. The van der Waals surface area contributed by atoms with Gasteiger partial charge in [-0.2, -0.15) is 0 Å². The van der Waals surface area contributed by atoms with Crippen LogP contribution >= 0.6 is 0 Å². The van der Waals surface area contributed by atoms with Gasteiger partial charge in [-0.15, -0.1) is 0 Å². The second kappa shape index (κ2) is 12.7. The van der Waals surface area contributed by atoms with Crippen LogP contribution in [0, 0.1) is 0 Å². The molecule has 14 rings (SSSR count). The van der Waals surface area contributed by atoms with Gasteiger partial charge in [0.1, 0.15) is 17.0 Å². The van der Waals surface area contributed by atoms with E-state index in [0.717, 1.165) is 58.3 Å². The highest BCUT2D eigenvalue weighted by molar-refractivity contribution is 6.32. The summed E-state index contributed by atoms with van der Waals surface area (Å²) in [5.74, 6) is 2.43. The molecule has 4 heterocycles. The lowest BCUT2D eigenvalue weighted by Gasteiger charge is -2.21. The molecule has 1 fully saturated rings. The monoisotopic (exact) mass is 797 g/mol. The van der Waals surface area contributed by atoms with Crippen LogP contribution in [0.1, 0.15) is 84.4 Å². The van der Waals surface area contributed by atoms with Gasteiger partial charge < -0.3 is 8.98 Å². The molecule has 0 bridgehead atoms. The maximum absolute atomic E-state index is 6.58. The standard InChI is InChI=1S/C58H43N3O/c1-3-34-29-36-14-4-9-20-47(36)59-58(54(34)37-23-26-41-40-17-8-11-22-51(40)62-52(41)30-37)61-49-28-24-35-15-12-13-33(2)53(35)56(49)44-27-25-38(31-50(44)61)60-48-21-10-7-19-43(48)55-42-18-6-5-16-39(42)45-32-46(45)57(55)60/h4-12,14-28,30-31,33,45-46H,3,13,29,32H2,1-2H3. The van der Waals surface area contributed by atoms with E-state index in [9.17, 15) is 0 Å². The molecule has 7 aromatic carbocycles. The second-order valence-corrected chi connectivity index (χ2v) is 18.1. The van der Waals surface area contributed by atoms with Gasteiger partial charge in [-0.3, -0.25) is 4.57 Å². The van der Waals surface area contributed by atoms with Crippen molar-refractivity contribution in [1.82, 2.24) is 9.13 Å². The highest BCUT2D eigenvalue weighted by Crippen LogP contribution is 2.64. The normalized spacial score (nSPS) is 18.8. The van der Waals surface area contributed by atoms with Crippen LogP contribution in [0.15, 0.2) is 167 Å². The van der Waals surface area contributed by atoms with Crippen LogP contribution in [0.5, 0.6) is 0 Å². The van der Waals surface area contributed by atoms with Crippen molar-refractivity contribution in [1.29, 1.82) is 0 Å². The van der Waals surface area contributed by atoms with E-state index < -0.39 is 0 Å². The largest absolute Gasteiger partial charge is 0.456 e. The van der Waals surface area contributed by atoms with Crippen LogP contribution in [0.3, 0.4) is 0 Å². The van der Waals surface area contributed by atoms with E-state index in [4.69, 9.17) is 9.41 Å². The molecule has 1 aliphatic heterocycles. The highest BCUT2D eigenvalue weighted by Gasteiger charge is 2.48. The van der Waals surface area contributed by atoms with Crippen molar-refractivity contribution in [3.63, 3.8) is 0 Å². The zero-order valence-electron chi connectivity index (χ0n) is 34.8. The summed E-state index contributed by atoms with van der Waals surface area (Å²) in [6.07, 6.45) is 8.62. The molecule has 10 aromatic rings. The van der Waals surface area contributed by atoms with Crippen molar-refractivity contribution in [3.8, 4) is 16.8 Å². The number of fused-ring (bicyclic) bond motifs is 17. The van der Waals surface area contributed by atoms with Crippen LogP contribution in [0.25, 0.3) is 83.1 Å². The third-order valence-electron chi connectivity index (χ3n) is 14.7. The predicted octanol–water partition coefficient (Wildman–Crippen LogP) is 15.4. The molecule has 0 radical (unpaired) electrons. The van der Waals surface area contributed by atoms with Gasteiger partial charge in [-0.1, -0.05) is 129 Å². The quantitative estimate of drug-likeness (QED) is 0.175. The molecule has 0 amide bonds. The van der Waals surface area contributed by atoms with E-state index >= 15 is 0 Å². The van der Waals surface area contributed by atoms with E-state index in [1.165, 1.54) is 95.0 Å². The Balaban J connectivity index is 1.09. The summed E-state index contributed by atoms with van der Waals surface area (Å²) in [5.41, 5.74) is 21.1. The summed E-state index contributed by atoms with van der Waals surface area (Å²) in [6.45, 7) is 4.70. The maximum Gasteiger partial charge on any atom is 0.146 e. The fourth-order valence-corrected chi connectivity index (χ4v) is 11.9. The van der Waals surface area contributed by atoms with E-state index in [0.29, 0.717) is 17.8 Å². The van der Waals surface area contributed by atoms with Gasteiger partial charge in [0.05, 0.1) is 22.2 Å². The highest BCUT2D eigenvalue weighted by atomic mass is 16.3. The smallest absolute Gasteiger partial charge is 0.146 e. The molecule has 3 atom stereocenters. The number of nitrogens with zero attached hydrogens (tertiary/aromatic N) is 3. The molecule has 1 saturated carbocycles. The zero-order valence-corrected chi connectivity index (χ0v) is 34.8. The molecule has 62 heavy (non-hydrogen) atoms. The van der Waals surface area contributed by atoms with Gasteiger partial charge in [-0.25, -0.2) is 4.99 Å². The second-order valence-electron chi connectivity index (χ2n) is 18.1. The lowest BCUT2D eigenvalue weighted by Crippen LogP contribution is -2.16. The number of aromatic nitrogens is 2. The number of para-hydroxylation sites is 3. The minimum absolute atomic E-state index is 0.387. The first kappa shape index (κ1) is 34.5. The first-order chi connectivity index (χ1) is 30.6. The minimum Gasteiger partial charge on any atom is -0.456 e. The minimum atomic E-state index is 0.387.